The van der Waals surface area contributed by atoms with Crippen molar-refractivity contribution in [1.82, 2.24) is 5.32 Å². The molecule has 0 heterocycles. The van der Waals surface area contributed by atoms with Crippen molar-refractivity contribution < 1.29 is 9.53 Å². The summed E-state index contributed by atoms with van der Waals surface area (Å²) in [7, 11) is 3.55. The Bertz CT molecular complexity index is 323. The van der Waals surface area contributed by atoms with E-state index in [4.69, 9.17) is 4.74 Å². The summed E-state index contributed by atoms with van der Waals surface area (Å²) < 4.78 is 5.13. The van der Waals surface area contributed by atoms with E-state index in [2.05, 4.69) is 5.32 Å². The van der Waals surface area contributed by atoms with Gasteiger partial charge in [0.15, 0.2) is 0 Å². The molecule has 0 aliphatic carbocycles. The average molecular weight is 207 g/mol. The van der Waals surface area contributed by atoms with Crippen molar-refractivity contribution in [2.24, 2.45) is 0 Å². The van der Waals surface area contributed by atoms with E-state index in [1.54, 1.807) is 7.11 Å². The lowest BCUT2D eigenvalue weighted by Gasteiger charge is -2.09. The van der Waals surface area contributed by atoms with Crippen molar-refractivity contribution in [2.45, 2.75) is 12.8 Å². The molecule has 0 aliphatic rings. The van der Waals surface area contributed by atoms with E-state index in [0.717, 1.165) is 30.6 Å². The van der Waals surface area contributed by atoms with Crippen molar-refractivity contribution in [3.8, 4) is 5.75 Å². The molecule has 0 aliphatic heterocycles. The molecule has 3 heteroatoms. The molecule has 15 heavy (non-hydrogen) atoms. The SMILES string of the molecule is CNCCc1ccc(OC)cc1CC=O. The van der Waals surface area contributed by atoms with Gasteiger partial charge in [0.1, 0.15) is 12.0 Å². The Balaban J connectivity index is 2.87. The molecule has 1 aromatic rings. The Morgan fingerprint density at radius 1 is 1.40 bits per heavy atom. The minimum absolute atomic E-state index is 0.455. The van der Waals surface area contributed by atoms with Crippen LogP contribution in [0.15, 0.2) is 18.2 Å². The minimum atomic E-state index is 0.455. The maximum absolute atomic E-state index is 10.5. The molecule has 0 atom stereocenters. The summed E-state index contributed by atoms with van der Waals surface area (Å²) in [6.45, 7) is 0.915. The van der Waals surface area contributed by atoms with Crippen LogP contribution in [0, 0.1) is 0 Å². The number of hydrogen-bond acceptors (Lipinski definition) is 3. The van der Waals surface area contributed by atoms with Gasteiger partial charge >= 0.3 is 0 Å². The van der Waals surface area contributed by atoms with Gasteiger partial charge in [0.2, 0.25) is 0 Å². The van der Waals surface area contributed by atoms with Crippen molar-refractivity contribution in [2.75, 3.05) is 20.7 Å². The topological polar surface area (TPSA) is 38.3 Å². The number of ether oxygens (including phenoxy) is 1. The Morgan fingerprint density at radius 3 is 2.80 bits per heavy atom. The second-order valence-corrected chi connectivity index (χ2v) is 3.36. The van der Waals surface area contributed by atoms with E-state index in [0.29, 0.717) is 6.42 Å². The average Bonchev–Trinajstić information content (AvgIpc) is 2.27. The van der Waals surface area contributed by atoms with Gasteiger partial charge in [-0.3, -0.25) is 0 Å². The zero-order valence-electron chi connectivity index (χ0n) is 9.25. The molecule has 0 spiro atoms. The molecule has 0 saturated carbocycles. The Morgan fingerprint density at radius 2 is 2.20 bits per heavy atom. The maximum Gasteiger partial charge on any atom is 0.124 e. The first-order valence-electron chi connectivity index (χ1n) is 5.06. The highest BCUT2D eigenvalue weighted by Crippen LogP contribution is 2.18. The minimum Gasteiger partial charge on any atom is -0.497 e. The Kier molecular flexibility index (Phi) is 4.84. The summed E-state index contributed by atoms with van der Waals surface area (Å²) in [6.07, 6.45) is 2.32. The summed E-state index contributed by atoms with van der Waals surface area (Å²) in [5, 5.41) is 3.09. The molecule has 82 valence electrons. The smallest absolute Gasteiger partial charge is 0.124 e. The lowest BCUT2D eigenvalue weighted by Crippen LogP contribution is -2.11. The fraction of sp³-hybridized carbons (Fsp3) is 0.417. The molecule has 0 amide bonds. The second kappa shape index (κ2) is 6.19. The van der Waals surface area contributed by atoms with Crippen molar-refractivity contribution >= 4 is 6.29 Å². The Hall–Kier alpha value is -1.35. The van der Waals surface area contributed by atoms with Gasteiger partial charge in [0, 0.05) is 6.42 Å². The van der Waals surface area contributed by atoms with Crippen LogP contribution in [-0.4, -0.2) is 27.0 Å². The predicted octanol–water partition coefficient (Wildman–Crippen LogP) is 1.20. The number of aldehydes is 1. The molecule has 0 bridgehead atoms. The number of hydrogen-bond donors (Lipinski definition) is 1. The van der Waals surface area contributed by atoms with Gasteiger partial charge in [-0.25, -0.2) is 0 Å². The largest absolute Gasteiger partial charge is 0.497 e. The van der Waals surface area contributed by atoms with E-state index in [1.165, 1.54) is 5.56 Å². The fourth-order valence-electron chi connectivity index (χ4n) is 1.51. The number of benzene rings is 1. The van der Waals surface area contributed by atoms with Crippen LogP contribution in [-0.2, 0) is 17.6 Å². The van der Waals surface area contributed by atoms with Gasteiger partial charge < -0.3 is 14.8 Å². The van der Waals surface area contributed by atoms with E-state index in [9.17, 15) is 4.79 Å². The summed E-state index contributed by atoms with van der Waals surface area (Å²) in [5.74, 6) is 0.806. The zero-order valence-corrected chi connectivity index (χ0v) is 9.25. The molecule has 0 aromatic heterocycles. The highest BCUT2D eigenvalue weighted by Gasteiger charge is 2.03. The first-order valence-corrected chi connectivity index (χ1v) is 5.06. The van der Waals surface area contributed by atoms with Crippen molar-refractivity contribution in [1.29, 1.82) is 0 Å². The molecular formula is C12H17NO2. The summed E-state index contributed by atoms with van der Waals surface area (Å²) >= 11 is 0. The number of carbonyl (C=O) groups is 1. The highest BCUT2D eigenvalue weighted by molar-refractivity contribution is 5.57. The van der Waals surface area contributed by atoms with E-state index in [1.807, 2.05) is 25.2 Å². The Labute approximate surface area is 90.4 Å². The standard InChI is InChI=1S/C12H17NO2/c1-13-7-5-10-3-4-12(15-2)9-11(10)6-8-14/h3-4,8-9,13H,5-7H2,1-2H3. The van der Waals surface area contributed by atoms with Gasteiger partial charge in [-0.2, -0.15) is 0 Å². The second-order valence-electron chi connectivity index (χ2n) is 3.36. The third kappa shape index (κ3) is 3.36. The molecular weight excluding hydrogens is 190 g/mol. The van der Waals surface area contributed by atoms with Crippen LogP contribution >= 0.6 is 0 Å². The molecule has 1 N–H and O–H groups in total. The molecule has 0 saturated heterocycles. The quantitative estimate of drug-likeness (QED) is 0.712. The van der Waals surface area contributed by atoms with E-state index in [-0.39, 0.29) is 0 Å². The number of likely N-dealkylation sites (N-methyl/N-ethyl adjacent to an activating group) is 1. The van der Waals surface area contributed by atoms with Crippen LogP contribution in [0.25, 0.3) is 0 Å². The first-order chi connectivity index (χ1) is 7.31. The third-order valence-corrected chi connectivity index (χ3v) is 2.36. The highest BCUT2D eigenvalue weighted by atomic mass is 16.5. The molecule has 1 rings (SSSR count). The normalized spacial score (nSPS) is 10.0. The number of nitrogens with one attached hydrogen (secondary N) is 1. The summed E-state index contributed by atoms with van der Waals surface area (Å²) in [4.78, 5) is 10.5. The number of rotatable bonds is 6. The maximum atomic E-state index is 10.5. The van der Waals surface area contributed by atoms with Crippen molar-refractivity contribution in [3.63, 3.8) is 0 Å². The van der Waals surface area contributed by atoms with E-state index < -0.39 is 0 Å². The molecule has 0 radical (unpaired) electrons. The summed E-state index contributed by atoms with van der Waals surface area (Å²) in [6, 6.07) is 5.88. The lowest BCUT2D eigenvalue weighted by atomic mass is 10.0. The van der Waals surface area contributed by atoms with Gasteiger partial charge in [-0.1, -0.05) is 6.07 Å². The van der Waals surface area contributed by atoms with Crippen LogP contribution in [0.1, 0.15) is 11.1 Å². The van der Waals surface area contributed by atoms with Gasteiger partial charge in [-0.05, 0) is 43.3 Å². The summed E-state index contributed by atoms with van der Waals surface area (Å²) in [5.41, 5.74) is 2.26. The number of methoxy groups -OCH3 is 1. The molecule has 3 nitrogen and oxygen atoms in total. The van der Waals surface area contributed by atoms with Crippen LogP contribution in [0.3, 0.4) is 0 Å². The van der Waals surface area contributed by atoms with Gasteiger partial charge in [-0.15, -0.1) is 0 Å². The molecule has 0 unspecified atom stereocenters. The van der Waals surface area contributed by atoms with Crippen LogP contribution in [0.2, 0.25) is 0 Å². The first kappa shape index (κ1) is 11.7. The van der Waals surface area contributed by atoms with Crippen molar-refractivity contribution in [3.05, 3.63) is 29.3 Å². The van der Waals surface area contributed by atoms with Crippen LogP contribution in [0.4, 0.5) is 0 Å². The lowest BCUT2D eigenvalue weighted by molar-refractivity contribution is -0.107. The monoisotopic (exact) mass is 207 g/mol. The van der Waals surface area contributed by atoms with Gasteiger partial charge in [0.05, 0.1) is 7.11 Å². The third-order valence-electron chi connectivity index (χ3n) is 2.36. The molecule has 0 fully saturated rings. The molecule has 1 aromatic carbocycles. The van der Waals surface area contributed by atoms with Crippen LogP contribution in [0.5, 0.6) is 5.75 Å². The van der Waals surface area contributed by atoms with Gasteiger partial charge in [0.25, 0.3) is 0 Å². The zero-order chi connectivity index (χ0) is 11.1. The number of carbonyl (C=O) groups excluding carboxylic acids is 1. The fourth-order valence-corrected chi connectivity index (χ4v) is 1.51. The van der Waals surface area contributed by atoms with E-state index >= 15 is 0 Å². The predicted molar refractivity (Wildman–Crippen MR) is 60.4 cm³/mol. The van der Waals surface area contributed by atoms with Crippen LogP contribution < -0.4 is 10.1 Å².